The third-order valence-electron chi connectivity index (χ3n) is 5.32. The van der Waals surface area contributed by atoms with Gasteiger partial charge in [0.1, 0.15) is 12.4 Å². The average molecular weight is 462 g/mol. The van der Waals surface area contributed by atoms with E-state index in [0.717, 1.165) is 16.8 Å². The number of nitrogens with zero attached hydrogens (tertiary/aromatic N) is 2. The summed E-state index contributed by atoms with van der Waals surface area (Å²) >= 11 is 0. The summed E-state index contributed by atoms with van der Waals surface area (Å²) in [4.78, 5) is 29.4. The topological polar surface area (TPSA) is 71.1 Å². The zero-order chi connectivity index (χ0) is 24.5. The predicted octanol–water partition coefficient (Wildman–Crippen LogP) is 4.19. The number of anilines is 2. The van der Waals surface area contributed by atoms with Crippen molar-refractivity contribution < 1.29 is 19.1 Å². The van der Waals surface area contributed by atoms with Crippen molar-refractivity contribution in [3.63, 3.8) is 0 Å². The summed E-state index contributed by atoms with van der Waals surface area (Å²) in [7, 11) is 6.98. The molecule has 1 N–H and O–H groups in total. The first kappa shape index (κ1) is 24.8. The van der Waals surface area contributed by atoms with Crippen LogP contribution in [0.25, 0.3) is 0 Å². The number of hydrogen-bond donors (Lipinski definition) is 1. The molecule has 34 heavy (non-hydrogen) atoms. The minimum Gasteiger partial charge on any atom is -0.497 e. The summed E-state index contributed by atoms with van der Waals surface area (Å²) < 4.78 is 10.1. The van der Waals surface area contributed by atoms with Crippen molar-refractivity contribution >= 4 is 23.2 Å². The van der Waals surface area contributed by atoms with Crippen LogP contribution in [-0.2, 0) is 22.6 Å². The van der Waals surface area contributed by atoms with Crippen LogP contribution in [0.4, 0.5) is 11.4 Å². The summed E-state index contributed by atoms with van der Waals surface area (Å²) in [5, 5.41) is 2.85. The van der Waals surface area contributed by atoms with E-state index in [1.165, 1.54) is 7.11 Å². The second-order valence-corrected chi connectivity index (χ2v) is 8.09. The molecule has 0 saturated carbocycles. The van der Waals surface area contributed by atoms with E-state index in [0.29, 0.717) is 30.1 Å². The van der Waals surface area contributed by atoms with Gasteiger partial charge in [-0.3, -0.25) is 9.59 Å². The number of benzene rings is 3. The van der Waals surface area contributed by atoms with Crippen LogP contribution in [0, 0.1) is 0 Å². The third kappa shape index (κ3) is 6.59. The normalized spacial score (nSPS) is 10.5. The fourth-order valence-corrected chi connectivity index (χ4v) is 3.68. The number of carbonyl (C=O) groups is 2. The molecule has 0 aromatic heterocycles. The van der Waals surface area contributed by atoms with Crippen LogP contribution in [0.3, 0.4) is 0 Å². The summed E-state index contributed by atoms with van der Waals surface area (Å²) in [5.74, 6) is 0.368. The molecule has 0 bridgehead atoms. The first-order chi connectivity index (χ1) is 16.4. The minimum atomic E-state index is -0.235. The number of methoxy groups -OCH3 is 2. The molecule has 0 radical (unpaired) electrons. The van der Waals surface area contributed by atoms with E-state index in [2.05, 4.69) is 5.32 Å². The van der Waals surface area contributed by atoms with Crippen LogP contribution < -0.4 is 15.0 Å². The number of carbonyl (C=O) groups excluding carboxylic acids is 2. The van der Waals surface area contributed by atoms with Gasteiger partial charge >= 0.3 is 0 Å². The maximum Gasteiger partial charge on any atom is 0.254 e. The smallest absolute Gasteiger partial charge is 0.254 e. The predicted molar refractivity (Wildman–Crippen MR) is 134 cm³/mol. The van der Waals surface area contributed by atoms with Crippen molar-refractivity contribution in [2.75, 3.05) is 45.1 Å². The Morgan fingerprint density at radius 1 is 0.882 bits per heavy atom. The van der Waals surface area contributed by atoms with E-state index in [4.69, 9.17) is 9.47 Å². The van der Waals surface area contributed by atoms with E-state index in [1.807, 2.05) is 67.5 Å². The highest BCUT2D eigenvalue weighted by molar-refractivity contribution is 5.94. The number of amides is 2. The maximum atomic E-state index is 13.6. The molecule has 2 amide bonds. The molecular formula is C27H31N3O4. The second kappa shape index (κ2) is 11.9. The fourth-order valence-electron chi connectivity index (χ4n) is 3.68. The highest BCUT2D eigenvalue weighted by atomic mass is 16.5. The molecule has 0 saturated heterocycles. The van der Waals surface area contributed by atoms with E-state index in [9.17, 15) is 9.59 Å². The molecular weight excluding hydrogens is 430 g/mol. The van der Waals surface area contributed by atoms with Crippen molar-refractivity contribution in [1.29, 1.82) is 0 Å². The lowest BCUT2D eigenvalue weighted by atomic mass is 10.1. The van der Waals surface area contributed by atoms with Gasteiger partial charge in [0.2, 0.25) is 5.91 Å². The van der Waals surface area contributed by atoms with Crippen LogP contribution in [0.1, 0.15) is 21.5 Å². The fraction of sp³-hybridized carbons (Fsp3) is 0.259. The molecule has 7 nitrogen and oxygen atoms in total. The summed E-state index contributed by atoms with van der Waals surface area (Å²) in [6.07, 6.45) is 0. The van der Waals surface area contributed by atoms with Crippen LogP contribution in [0.15, 0.2) is 72.8 Å². The Morgan fingerprint density at radius 2 is 1.59 bits per heavy atom. The standard InChI is InChI=1S/C27H31N3O4/c1-29(2)25-15-12-23(28-26(31)19-33-3)16-22(25)18-30(17-20-8-6-5-7-9-20)27(32)21-10-13-24(34-4)14-11-21/h5-16H,17-19H2,1-4H3,(H,28,31). The molecule has 3 rings (SSSR count). The van der Waals surface area contributed by atoms with Gasteiger partial charge in [0.05, 0.1) is 7.11 Å². The maximum absolute atomic E-state index is 13.6. The molecule has 0 aliphatic carbocycles. The zero-order valence-electron chi connectivity index (χ0n) is 20.1. The van der Waals surface area contributed by atoms with Gasteiger partial charge in [0.25, 0.3) is 5.91 Å². The molecule has 3 aromatic rings. The summed E-state index contributed by atoms with van der Waals surface area (Å²) in [6, 6.07) is 22.7. The number of ether oxygens (including phenoxy) is 2. The Balaban J connectivity index is 1.95. The second-order valence-electron chi connectivity index (χ2n) is 8.09. The van der Waals surface area contributed by atoms with Crippen LogP contribution in [0.2, 0.25) is 0 Å². The minimum absolute atomic E-state index is 0.0269. The first-order valence-electron chi connectivity index (χ1n) is 11.0. The lowest BCUT2D eigenvalue weighted by Crippen LogP contribution is -2.31. The van der Waals surface area contributed by atoms with Crippen molar-refractivity contribution in [3.8, 4) is 5.75 Å². The Kier molecular flexibility index (Phi) is 8.65. The van der Waals surface area contributed by atoms with E-state index in [1.54, 1.807) is 36.3 Å². The molecule has 7 heteroatoms. The van der Waals surface area contributed by atoms with Crippen molar-refractivity contribution in [3.05, 3.63) is 89.5 Å². The Labute approximate surface area is 200 Å². The third-order valence-corrected chi connectivity index (χ3v) is 5.32. The van der Waals surface area contributed by atoms with Gasteiger partial charge in [-0.25, -0.2) is 0 Å². The number of nitrogens with one attached hydrogen (secondary N) is 1. The monoisotopic (exact) mass is 461 g/mol. The largest absolute Gasteiger partial charge is 0.497 e. The van der Waals surface area contributed by atoms with Crippen LogP contribution >= 0.6 is 0 Å². The quantitative estimate of drug-likeness (QED) is 0.490. The van der Waals surface area contributed by atoms with Gasteiger partial charge < -0.3 is 24.6 Å². The van der Waals surface area contributed by atoms with Crippen LogP contribution in [-0.4, -0.2) is 51.6 Å². The van der Waals surface area contributed by atoms with Gasteiger partial charge in [-0.1, -0.05) is 30.3 Å². The Bertz CT molecular complexity index is 1100. The van der Waals surface area contributed by atoms with Gasteiger partial charge in [-0.15, -0.1) is 0 Å². The van der Waals surface area contributed by atoms with Crippen molar-refractivity contribution in [2.24, 2.45) is 0 Å². The zero-order valence-corrected chi connectivity index (χ0v) is 20.1. The molecule has 0 atom stereocenters. The van der Waals surface area contributed by atoms with E-state index in [-0.39, 0.29) is 18.4 Å². The lowest BCUT2D eigenvalue weighted by molar-refractivity contribution is -0.119. The Morgan fingerprint density at radius 3 is 2.21 bits per heavy atom. The highest BCUT2D eigenvalue weighted by Gasteiger charge is 2.19. The molecule has 0 fully saturated rings. The van der Waals surface area contributed by atoms with Gasteiger partial charge in [0.15, 0.2) is 0 Å². The molecule has 3 aromatic carbocycles. The highest BCUT2D eigenvalue weighted by Crippen LogP contribution is 2.26. The van der Waals surface area contributed by atoms with Crippen molar-refractivity contribution in [1.82, 2.24) is 4.90 Å². The Hall–Kier alpha value is -3.84. The molecule has 0 aliphatic heterocycles. The average Bonchev–Trinajstić information content (AvgIpc) is 2.84. The first-order valence-corrected chi connectivity index (χ1v) is 11.0. The van der Waals surface area contributed by atoms with Gasteiger partial charge in [0, 0.05) is 51.2 Å². The molecule has 178 valence electrons. The molecule has 0 unspecified atom stereocenters. The molecule has 0 heterocycles. The molecule has 0 aliphatic rings. The van der Waals surface area contributed by atoms with E-state index >= 15 is 0 Å². The van der Waals surface area contributed by atoms with Crippen molar-refractivity contribution in [2.45, 2.75) is 13.1 Å². The van der Waals surface area contributed by atoms with E-state index < -0.39 is 0 Å². The molecule has 0 spiro atoms. The number of rotatable bonds is 10. The summed E-state index contributed by atoms with van der Waals surface area (Å²) in [5.41, 5.74) is 4.13. The van der Waals surface area contributed by atoms with Gasteiger partial charge in [-0.2, -0.15) is 0 Å². The van der Waals surface area contributed by atoms with Crippen LogP contribution in [0.5, 0.6) is 5.75 Å². The summed E-state index contributed by atoms with van der Waals surface area (Å²) in [6.45, 7) is 0.779. The lowest BCUT2D eigenvalue weighted by Gasteiger charge is -2.27. The number of hydrogen-bond acceptors (Lipinski definition) is 5. The SMILES string of the molecule is COCC(=O)Nc1ccc(N(C)C)c(CN(Cc2ccccc2)C(=O)c2ccc(OC)cc2)c1. The van der Waals surface area contributed by atoms with Gasteiger partial charge in [-0.05, 0) is 53.6 Å².